The molecule has 54 heavy (non-hydrogen) atoms. The van der Waals surface area contributed by atoms with Gasteiger partial charge in [-0.2, -0.15) is 0 Å². The minimum atomic E-state index is -4.73. The minimum absolute atomic E-state index is 0.0813. The first-order valence-electron chi connectivity index (χ1n) is 20.3. The molecule has 1 unspecified atom stereocenters. The van der Waals surface area contributed by atoms with Crippen molar-refractivity contribution in [2.24, 2.45) is 5.73 Å². The maximum Gasteiger partial charge on any atom is 0.472 e. The number of ether oxygens (including phenoxy) is 2. The van der Waals surface area contributed by atoms with Crippen LogP contribution in [0.4, 0.5) is 0 Å². The number of carboxylic acid groups (broad SMARTS) is 1. The smallest absolute Gasteiger partial charge is 0.472 e. The molecule has 310 valence electrons. The Morgan fingerprint density at radius 1 is 0.574 bits per heavy atom. The van der Waals surface area contributed by atoms with Gasteiger partial charge in [-0.05, 0) is 77.0 Å². The molecule has 11 nitrogen and oxygen atoms in total. The third-order valence-corrected chi connectivity index (χ3v) is 9.19. The number of carbonyl (C=O) groups is 3. The first kappa shape index (κ1) is 51.2. The molecule has 0 aliphatic carbocycles. The summed E-state index contributed by atoms with van der Waals surface area (Å²) in [6.45, 7) is 2.67. The number of aliphatic carboxylic acids is 1. The van der Waals surface area contributed by atoms with Crippen LogP contribution in [-0.4, -0.2) is 59.9 Å². The van der Waals surface area contributed by atoms with Gasteiger partial charge in [-0.1, -0.05) is 126 Å². The molecule has 0 aromatic rings. The van der Waals surface area contributed by atoms with Gasteiger partial charge in [0.25, 0.3) is 0 Å². The first-order chi connectivity index (χ1) is 26.1. The topological polar surface area (TPSA) is 172 Å². The molecule has 4 N–H and O–H groups in total. The normalized spacial score (nSPS) is 14.4. The minimum Gasteiger partial charge on any atom is -0.480 e. The lowest BCUT2D eigenvalue weighted by Crippen LogP contribution is -2.34. The summed E-state index contributed by atoms with van der Waals surface area (Å²) in [6.07, 6.45) is 41.5. The van der Waals surface area contributed by atoms with Crippen LogP contribution >= 0.6 is 7.82 Å². The fourth-order valence-corrected chi connectivity index (χ4v) is 5.77. The van der Waals surface area contributed by atoms with E-state index < -0.39 is 51.1 Å². The molecule has 0 rings (SSSR count). The number of esters is 2. The van der Waals surface area contributed by atoms with E-state index in [1.54, 1.807) is 0 Å². The Morgan fingerprint density at radius 2 is 1.00 bits per heavy atom. The lowest BCUT2D eigenvalue weighted by Gasteiger charge is -2.20. The van der Waals surface area contributed by atoms with Crippen molar-refractivity contribution in [1.29, 1.82) is 0 Å². The van der Waals surface area contributed by atoms with Crippen molar-refractivity contribution in [3.8, 4) is 0 Å². The molecule has 0 radical (unpaired) electrons. The highest BCUT2D eigenvalue weighted by atomic mass is 31.2. The molecule has 0 aromatic carbocycles. The molecule has 0 fully saturated rings. The van der Waals surface area contributed by atoms with Gasteiger partial charge in [0, 0.05) is 12.8 Å². The van der Waals surface area contributed by atoms with E-state index >= 15 is 0 Å². The van der Waals surface area contributed by atoms with E-state index in [0.29, 0.717) is 19.3 Å². The fourth-order valence-electron chi connectivity index (χ4n) is 4.99. The Kier molecular flexibility index (Phi) is 35.2. The zero-order chi connectivity index (χ0) is 40.0. The van der Waals surface area contributed by atoms with Crippen LogP contribution in [0.1, 0.15) is 155 Å². The van der Waals surface area contributed by atoms with Crippen LogP contribution in [0.2, 0.25) is 0 Å². The summed E-state index contributed by atoms with van der Waals surface area (Å²) in [5.41, 5.74) is 5.32. The van der Waals surface area contributed by atoms with Gasteiger partial charge in [0.15, 0.2) is 6.10 Å². The number of phosphoric ester groups is 1. The van der Waals surface area contributed by atoms with Gasteiger partial charge in [0.2, 0.25) is 0 Å². The van der Waals surface area contributed by atoms with E-state index in [1.807, 2.05) is 12.2 Å². The summed E-state index contributed by atoms with van der Waals surface area (Å²) in [5.74, 6) is -2.47. The molecule has 0 spiro atoms. The second kappa shape index (κ2) is 37.1. The maximum atomic E-state index is 12.6. The molecule has 12 heteroatoms. The zero-order valence-corrected chi connectivity index (χ0v) is 34.2. The number of hydrogen-bond donors (Lipinski definition) is 3. The molecule has 0 heterocycles. The lowest BCUT2D eigenvalue weighted by molar-refractivity contribution is -0.161. The van der Waals surface area contributed by atoms with E-state index in [0.717, 1.165) is 64.2 Å². The van der Waals surface area contributed by atoms with Gasteiger partial charge in [0.1, 0.15) is 12.6 Å². The molecule has 0 amide bonds. The summed E-state index contributed by atoms with van der Waals surface area (Å²) in [6, 6.07) is -1.53. The quantitative estimate of drug-likeness (QED) is 0.0237. The summed E-state index contributed by atoms with van der Waals surface area (Å²) < 4.78 is 32.5. The van der Waals surface area contributed by atoms with Crippen molar-refractivity contribution in [3.05, 3.63) is 60.8 Å². The number of unbranched alkanes of at least 4 members (excludes halogenated alkanes) is 13. The van der Waals surface area contributed by atoms with Crippen LogP contribution in [0.3, 0.4) is 0 Å². The molecule has 0 saturated carbocycles. The van der Waals surface area contributed by atoms with Gasteiger partial charge in [-0.3, -0.25) is 23.4 Å². The predicted molar refractivity (Wildman–Crippen MR) is 217 cm³/mol. The highest BCUT2D eigenvalue weighted by molar-refractivity contribution is 7.47. The number of phosphoric acid groups is 1. The second-order valence-corrected chi connectivity index (χ2v) is 14.9. The number of rotatable bonds is 37. The monoisotopic (exact) mass is 781 g/mol. The Labute approximate surface area is 326 Å². The highest BCUT2D eigenvalue weighted by Crippen LogP contribution is 2.43. The van der Waals surface area contributed by atoms with Gasteiger partial charge in [-0.25, -0.2) is 4.57 Å². The van der Waals surface area contributed by atoms with E-state index in [1.165, 1.54) is 44.9 Å². The summed E-state index contributed by atoms with van der Waals surface area (Å²) >= 11 is 0. The third-order valence-electron chi connectivity index (χ3n) is 8.24. The average Bonchev–Trinajstić information content (AvgIpc) is 3.14. The first-order valence-corrected chi connectivity index (χ1v) is 21.8. The molecule has 3 atom stereocenters. The molecular formula is C42H72NO10P. The lowest BCUT2D eigenvalue weighted by atomic mass is 10.1. The fraction of sp³-hybridized carbons (Fsp3) is 0.690. The second-order valence-electron chi connectivity index (χ2n) is 13.4. The predicted octanol–water partition coefficient (Wildman–Crippen LogP) is 10.4. The molecule has 0 saturated heterocycles. The average molecular weight is 782 g/mol. The third kappa shape index (κ3) is 36.2. The van der Waals surface area contributed by atoms with Crippen LogP contribution in [0, 0.1) is 0 Å². The van der Waals surface area contributed by atoms with Crippen LogP contribution in [-0.2, 0) is 37.5 Å². The maximum absolute atomic E-state index is 12.6. The molecule has 0 bridgehead atoms. The van der Waals surface area contributed by atoms with E-state index in [9.17, 15) is 23.8 Å². The van der Waals surface area contributed by atoms with Crippen LogP contribution < -0.4 is 5.73 Å². The molecule has 0 aromatic heterocycles. The number of carbonyl (C=O) groups excluding carboxylic acids is 2. The number of nitrogens with two attached hydrogens (primary N) is 1. The Bertz CT molecular complexity index is 1150. The molecular weight excluding hydrogens is 709 g/mol. The largest absolute Gasteiger partial charge is 0.480 e. The van der Waals surface area contributed by atoms with Gasteiger partial charge in [0.05, 0.1) is 13.2 Å². The van der Waals surface area contributed by atoms with Crippen molar-refractivity contribution in [3.63, 3.8) is 0 Å². The van der Waals surface area contributed by atoms with Crippen molar-refractivity contribution >= 4 is 25.7 Å². The Morgan fingerprint density at radius 3 is 1.57 bits per heavy atom. The number of carboxylic acids is 1. The van der Waals surface area contributed by atoms with E-state index in [2.05, 4.69) is 67.0 Å². The summed E-state index contributed by atoms with van der Waals surface area (Å²) in [4.78, 5) is 45.8. The van der Waals surface area contributed by atoms with E-state index in [-0.39, 0.29) is 19.4 Å². The van der Waals surface area contributed by atoms with Crippen molar-refractivity contribution < 1.29 is 47.5 Å². The van der Waals surface area contributed by atoms with Crippen LogP contribution in [0.15, 0.2) is 60.8 Å². The summed E-state index contributed by atoms with van der Waals surface area (Å²) in [5, 5.41) is 8.87. The van der Waals surface area contributed by atoms with Gasteiger partial charge >= 0.3 is 25.7 Å². The Hall–Kier alpha value is -2.82. The van der Waals surface area contributed by atoms with Gasteiger partial charge in [-0.15, -0.1) is 0 Å². The SMILES string of the molecule is CCCCC/C=C\C/C=C\C/C=C\C/C=C\CCCC(=O)O[C@H](COC(=O)CCCCCCC/C=C\CCCCCC)COP(=O)(O)OC[C@H](N)C(=O)O. The molecule has 0 aliphatic rings. The van der Waals surface area contributed by atoms with Crippen molar-refractivity contribution in [2.45, 2.75) is 167 Å². The Balaban J connectivity index is 4.54. The standard InChI is InChI=1S/C42H72NO10P/c1-3-5-7-9-11-13-15-17-18-19-20-22-24-26-28-30-32-34-41(45)53-38(36-51-54(48,49)52-37-39(43)42(46)47)35-50-40(44)33-31-29-27-25-23-21-16-14-12-10-8-6-4-2/h11,13-14,16-18,20,22,26,28,38-39H,3-10,12,15,19,21,23-25,27,29-37,43H2,1-2H3,(H,46,47)(H,48,49)/b13-11-,16-14-,18-17-,22-20-,28-26-/t38-,39+/m1/s1. The summed E-state index contributed by atoms with van der Waals surface area (Å²) in [7, 11) is -4.73. The number of allylic oxidation sites excluding steroid dienone is 10. The van der Waals surface area contributed by atoms with Gasteiger partial charge < -0.3 is 25.2 Å². The number of hydrogen-bond acceptors (Lipinski definition) is 9. The molecule has 0 aliphatic heterocycles. The van der Waals surface area contributed by atoms with Crippen LogP contribution in [0.25, 0.3) is 0 Å². The zero-order valence-electron chi connectivity index (χ0n) is 33.3. The van der Waals surface area contributed by atoms with Crippen LogP contribution in [0.5, 0.6) is 0 Å². The van der Waals surface area contributed by atoms with Crippen molar-refractivity contribution in [2.75, 3.05) is 19.8 Å². The van der Waals surface area contributed by atoms with E-state index in [4.69, 9.17) is 24.8 Å². The van der Waals surface area contributed by atoms with Crippen molar-refractivity contribution in [1.82, 2.24) is 0 Å². The highest BCUT2D eigenvalue weighted by Gasteiger charge is 2.28.